The molecule has 6 heteroatoms. The van der Waals surface area contributed by atoms with E-state index in [2.05, 4.69) is 0 Å². The molecule has 2 fully saturated rings. The Morgan fingerprint density at radius 3 is 2.14 bits per heavy atom. The summed E-state index contributed by atoms with van der Waals surface area (Å²) in [5, 5.41) is 8.92. The highest BCUT2D eigenvalue weighted by Gasteiger charge is 2.45. The molecule has 2 saturated heterocycles. The first kappa shape index (κ1) is 16.1. The molecule has 1 N–H and O–H groups in total. The average Bonchev–Trinajstić information content (AvgIpc) is 2.59. The predicted octanol–water partition coefficient (Wildman–Crippen LogP) is 2.41. The number of carbonyl (C=O) groups is 2. The summed E-state index contributed by atoms with van der Waals surface area (Å²) in [7, 11) is 0. The lowest BCUT2D eigenvalue weighted by Crippen LogP contribution is -2.50. The number of carbonyl (C=O) groups excluding carboxylic acids is 1. The SMILES string of the molecule is CC(OC1CC2CCC(C1)N2C(=O)OC(C)(C)C)C(=O)O. The van der Waals surface area contributed by atoms with Crippen molar-refractivity contribution in [2.45, 2.75) is 83.3 Å². The first-order valence-corrected chi connectivity index (χ1v) is 7.57. The second-order valence-electron chi connectivity index (χ2n) is 6.98. The van der Waals surface area contributed by atoms with Gasteiger partial charge in [-0.05, 0) is 53.4 Å². The second-order valence-corrected chi connectivity index (χ2v) is 6.98. The van der Waals surface area contributed by atoms with Crippen molar-refractivity contribution in [3.05, 3.63) is 0 Å². The van der Waals surface area contributed by atoms with Gasteiger partial charge in [-0.15, -0.1) is 0 Å². The Labute approximate surface area is 125 Å². The van der Waals surface area contributed by atoms with Crippen LogP contribution >= 0.6 is 0 Å². The summed E-state index contributed by atoms with van der Waals surface area (Å²) in [6.07, 6.45) is 2.09. The summed E-state index contributed by atoms with van der Waals surface area (Å²) in [4.78, 5) is 25.0. The maximum absolute atomic E-state index is 12.3. The number of nitrogens with zero attached hydrogens (tertiary/aromatic N) is 1. The van der Waals surface area contributed by atoms with Gasteiger partial charge in [-0.25, -0.2) is 9.59 Å². The minimum atomic E-state index is -0.947. The van der Waals surface area contributed by atoms with E-state index in [1.54, 1.807) is 6.92 Å². The third kappa shape index (κ3) is 3.87. The van der Waals surface area contributed by atoms with Crippen molar-refractivity contribution < 1.29 is 24.2 Å². The van der Waals surface area contributed by atoms with Crippen LogP contribution in [0, 0.1) is 0 Å². The number of piperidine rings is 1. The summed E-state index contributed by atoms with van der Waals surface area (Å²) >= 11 is 0. The Morgan fingerprint density at radius 2 is 1.71 bits per heavy atom. The minimum Gasteiger partial charge on any atom is -0.479 e. The molecular formula is C15H25NO5. The van der Waals surface area contributed by atoms with E-state index in [1.807, 2.05) is 25.7 Å². The maximum Gasteiger partial charge on any atom is 0.410 e. The molecule has 2 aliphatic rings. The molecule has 2 bridgehead atoms. The number of carboxylic acid groups (broad SMARTS) is 1. The summed E-state index contributed by atoms with van der Waals surface area (Å²) in [5.74, 6) is -0.947. The first-order chi connectivity index (χ1) is 9.67. The highest BCUT2D eigenvalue weighted by Crippen LogP contribution is 2.38. The van der Waals surface area contributed by atoms with Crippen LogP contribution in [0.4, 0.5) is 4.79 Å². The molecule has 0 aliphatic carbocycles. The topological polar surface area (TPSA) is 76.1 Å². The van der Waals surface area contributed by atoms with Gasteiger partial charge in [0, 0.05) is 12.1 Å². The molecule has 1 amide bonds. The molecule has 0 saturated carbocycles. The molecule has 0 radical (unpaired) electrons. The lowest BCUT2D eigenvalue weighted by Gasteiger charge is -2.39. The van der Waals surface area contributed by atoms with Gasteiger partial charge in [-0.2, -0.15) is 0 Å². The van der Waals surface area contributed by atoms with Crippen molar-refractivity contribution in [2.24, 2.45) is 0 Å². The minimum absolute atomic E-state index is 0.0905. The zero-order valence-electron chi connectivity index (χ0n) is 13.2. The number of hydrogen-bond donors (Lipinski definition) is 1. The van der Waals surface area contributed by atoms with Crippen LogP contribution in [0.3, 0.4) is 0 Å². The fourth-order valence-electron chi connectivity index (χ4n) is 3.20. The second kappa shape index (κ2) is 5.83. The highest BCUT2D eigenvalue weighted by atomic mass is 16.6. The zero-order chi connectivity index (χ0) is 15.8. The van der Waals surface area contributed by atoms with Gasteiger partial charge < -0.3 is 19.5 Å². The molecular weight excluding hydrogens is 274 g/mol. The Morgan fingerprint density at radius 1 is 1.19 bits per heavy atom. The predicted molar refractivity (Wildman–Crippen MR) is 76.1 cm³/mol. The number of aliphatic carboxylic acids is 1. The van der Waals surface area contributed by atoms with E-state index in [1.165, 1.54) is 0 Å². The summed E-state index contributed by atoms with van der Waals surface area (Å²) in [6.45, 7) is 7.12. The number of carboxylic acids is 1. The summed E-state index contributed by atoms with van der Waals surface area (Å²) < 4.78 is 11.0. The van der Waals surface area contributed by atoms with Crippen molar-refractivity contribution >= 4 is 12.1 Å². The number of ether oxygens (including phenoxy) is 2. The third-order valence-corrected chi connectivity index (χ3v) is 4.04. The molecule has 0 aromatic carbocycles. The molecule has 2 heterocycles. The van der Waals surface area contributed by atoms with Crippen LogP contribution in [0.25, 0.3) is 0 Å². The van der Waals surface area contributed by atoms with E-state index in [9.17, 15) is 9.59 Å². The lowest BCUT2D eigenvalue weighted by molar-refractivity contribution is -0.155. The zero-order valence-corrected chi connectivity index (χ0v) is 13.2. The smallest absolute Gasteiger partial charge is 0.410 e. The third-order valence-electron chi connectivity index (χ3n) is 4.04. The summed E-state index contributed by atoms with van der Waals surface area (Å²) in [6, 6.07) is 0.203. The Bertz CT molecular complexity index is 403. The maximum atomic E-state index is 12.3. The van der Waals surface area contributed by atoms with Gasteiger partial charge in [-0.1, -0.05) is 0 Å². The van der Waals surface area contributed by atoms with Gasteiger partial charge in [0.05, 0.1) is 6.10 Å². The Balaban J connectivity index is 1.96. The van der Waals surface area contributed by atoms with E-state index in [0.29, 0.717) is 12.8 Å². The Kier molecular flexibility index (Phi) is 4.46. The van der Waals surface area contributed by atoms with Crippen molar-refractivity contribution in [3.8, 4) is 0 Å². The van der Waals surface area contributed by atoms with Crippen LogP contribution in [0.5, 0.6) is 0 Å². The molecule has 3 unspecified atom stereocenters. The van der Waals surface area contributed by atoms with E-state index in [0.717, 1.165) is 12.8 Å². The van der Waals surface area contributed by atoms with Gasteiger partial charge in [0.2, 0.25) is 0 Å². The molecule has 0 aromatic rings. The molecule has 0 spiro atoms. The van der Waals surface area contributed by atoms with E-state index >= 15 is 0 Å². The number of rotatable bonds is 3. The van der Waals surface area contributed by atoms with Crippen LogP contribution in [0.2, 0.25) is 0 Å². The molecule has 120 valence electrons. The van der Waals surface area contributed by atoms with Gasteiger partial charge in [0.25, 0.3) is 0 Å². The average molecular weight is 299 g/mol. The van der Waals surface area contributed by atoms with Crippen molar-refractivity contribution in [3.63, 3.8) is 0 Å². The monoisotopic (exact) mass is 299 g/mol. The van der Waals surface area contributed by atoms with Crippen LogP contribution in [0.15, 0.2) is 0 Å². The fraction of sp³-hybridized carbons (Fsp3) is 0.867. The number of amides is 1. The normalized spacial score (nSPS) is 30.1. The largest absolute Gasteiger partial charge is 0.479 e. The van der Waals surface area contributed by atoms with Crippen molar-refractivity contribution in [1.29, 1.82) is 0 Å². The first-order valence-electron chi connectivity index (χ1n) is 7.57. The molecule has 0 aromatic heterocycles. The van der Waals surface area contributed by atoms with Crippen LogP contribution in [-0.4, -0.2) is 52.0 Å². The lowest BCUT2D eigenvalue weighted by atomic mass is 10.00. The van der Waals surface area contributed by atoms with Crippen LogP contribution < -0.4 is 0 Å². The van der Waals surface area contributed by atoms with Gasteiger partial charge in [-0.3, -0.25) is 0 Å². The van der Waals surface area contributed by atoms with Crippen LogP contribution in [0.1, 0.15) is 53.4 Å². The van der Waals surface area contributed by atoms with Gasteiger partial charge in [0.15, 0.2) is 6.10 Å². The molecule has 3 atom stereocenters. The van der Waals surface area contributed by atoms with Gasteiger partial charge in [0.1, 0.15) is 5.60 Å². The van der Waals surface area contributed by atoms with Crippen molar-refractivity contribution in [1.82, 2.24) is 4.90 Å². The van der Waals surface area contributed by atoms with Crippen LogP contribution in [-0.2, 0) is 14.3 Å². The number of fused-ring (bicyclic) bond motifs is 2. The summed E-state index contributed by atoms with van der Waals surface area (Å²) in [5.41, 5.74) is -0.498. The quantitative estimate of drug-likeness (QED) is 0.866. The molecule has 6 nitrogen and oxygen atoms in total. The molecule has 2 aliphatic heterocycles. The van der Waals surface area contributed by atoms with Crippen molar-refractivity contribution in [2.75, 3.05) is 0 Å². The van der Waals surface area contributed by atoms with Gasteiger partial charge >= 0.3 is 12.1 Å². The number of hydrogen-bond acceptors (Lipinski definition) is 4. The molecule has 2 rings (SSSR count). The van der Waals surface area contributed by atoms with E-state index < -0.39 is 17.7 Å². The van der Waals surface area contributed by atoms with E-state index in [-0.39, 0.29) is 24.3 Å². The molecule has 21 heavy (non-hydrogen) atoms. The van der Waals surface area contributed by atoms with E-state index in [4.69, 9.17) is 14.6 Å². The fourth-order valence-corrected chi connectivity index (χ4v) is 3.20. The highest BCUT2D eigenvalue weighted by molar-refractivity contribution is 5.71. The standard InChI is InChI=1S/C15H25NO5/c1-9(13(17)18)20-12-7-10-5-6-11(8-12)16(10)14(19)21-15(2,3)4/h9-12H,5-8H2,1-4H3,(H,17,18). The Hall–Kier alpha value is -1.30.